The third kappa shape index (κ3) is 16.2. The molecule has 0 atom stereocenters. The number of carboxylic acids is 1. The number of rotatable bonds is 18. The van der Waals surface area contributed by atoms with Crippen LogP contribution in [0.4, 0.5) is 5.69 Å². The van der Waals surface area contributed by atoms with Gasteiger partial charge in [-0.25, -0.2) is 4.79 Å². The number of aliphatic carboxylic acids is 1. The molecule has 0 saturated heterocycles. The van der Waals surface area contributed by atoms with E-state index in [-0.39, 0.29) is 12.4 Å². The van der Waals surface area contributed by atoms with Gasteiger partial charge in [-0.3, -0.25) is 4.79 Å². The average molecular weight is 482 g/mol. The first-order valence-corrected chi connectivity index (χ1v) is 12.8. The molecule has 192 valence electrons. The summed E-state index contributed by atoms with van der Waals surface area (Å²) in [4.78, 5) is 24.4. The minimum absolute atomic E-state index is 0.116. The lowest BCUT2D eigenvalue weighted by molar-refractivity contribution is -0.138. The molecule has 1 aromatic carbocycles. The van der Waals surface area contributed by atoms with E-state index in [1.54, 1.807) is 6.08 Å². The molecule has 0 aliphatic carbocycles. The maximum Gasteiger partial charge on any atom is 0.330 e. The number of ether oxygens (including phenoxy) is 1. The number of hydrogen-bond donors (Lipinski definition) is 1. The van der Waals surface area contributed by atoms with Gasteiger partial charge in [0.2, 0.25) is 0 Å². The summed E-state index contributed by atoms with van der Waals surface area (Å²) in [5, 5.41) is 8.80. The molecule has 0 aliphatic rings. The first-order chi connectivity index (χ1) is 16.9. The zero-order valence-corrected chi connectivity index (χ0v) is 21.7. The van der Waals surface area contributed by atoms with Crippen molar-refractivity contribution in [3.05, 3.63) is 71.9 Å². The molecule has 1 N–H and O–H groups in total. The zero-order chi connectivity index (χ0) is 25.7. The molecule has 5 nitrogen and oxygen atoms in total. The van der Waals surface area contributed by atoms with Crippen molar-refractivity contribution >= 4 is 23.7 Å². The monoisotopic (exact) mass is 481 g/mol. The molecule has 5 heteroatoms. The molecule has 0 heterocycles. The van der Waals surface area contributed by atoms with Gasteiger partial charge in [0.15, 0.2) is 0 Å². The Morgan fingerprint density at radius 1 is 0.914 bits per heavy atom. The van der Waals surface area contributed by atoms with Gasteiger partial charge in [0.05, 0.1) is 13.0 Å². The maximum absolute atomic E-state index is 11.7. The third-order valence-corrected chi connectivity index (χ3v) is 5.59. The fraction of sp³-hybridized carbons (Fsp3) is 0.467. The van der Waals surface area contributed by atoms with Gasteiger partial charge in [0, 0.05) is 25.4 Å². The van der Waals surface area contributed by atoms with Crippen molar-refractivity contribution in [2.45, 2.75) is 71.6 Å². The Morgan fingerprint density at radius 2 is 1.57 bits per heavy atom. The summed E-state index contributed by atoms with van der Waals surface area (Å²) in [6.07, 6.45) is 22.8. The number of anilines is 1. The second-order valence-electron chi connectivity index (χ2n) is 8.79. The van der Waals surface area contributed by atoms with Crippen molar-refractivity contribution in [2.24, 2.45) is 0 Å². The summed E-state index contributed by atoms with van der Waals surface area (Å²) in [6.45, 7) is 5.21. The molecule has 35 heavy (non-hydrogen) atoms. The number of carbonyl (C=O) groups is 2. The van der Waals surface area contributed by atoms with Crippen molar-refractivity contribution in [3.63, 3.8) is 0 Å². The molecule has 0 unspecified atom stereocenters. The minimum atomic E-state index is -0.794. The molecule has 1 aromatic rings. The number of hydrogen-bond acceptors (Lipinski definition) is 4. The summed E-state index contributed by atoms with van der Waals surface area (Å²) in [6, 6.07) is 7.99. The number of benzene rings is 1. The van der Waals surface area contributed by atoms with Gasteiger partial charge in [-0.2, -0.15) is 0 Å². The molecular weight excluding hydrogens is 438 g/mol. The average Bonchev–Trinajstić information content (AvgIpc) is 2.85. The van der Waals surface area contributed by atoms with E-state index in [4.69, 9.17) is 9.84 Å². The topological polar surface area (TPSA) is 66.8 Å². The number of esters is 1. The van der Waals surface area contributed by atoms with E-state index in [2.05, 4.69) is 6.92 Å². The molecule has 0 spiro atoms. The van der Waals surface area contributed by atoms with Crippen molar-refractivity contribution in [2.75, 3.05) is 25.1 Å². The van der Waals surface area contributed by atoms with E-state index in [1.165, 1.54) is 44.6 Å². The molecule has 0 aromatic heterocycles. The quantitative estimate of drug-likeness (QED) is 0.103. The van der Waals surface area contributed by atoms with E-state index in [9.17, 15) is 9.59 Å². The Balaban J connectivity index is 2.27. The third-order valence-electron chi connectivity index (χ3n) is 5.59. The van der Waals surface area contributed by atoms with Crippen LogP contribution >= 0.6 is 0 Å². The predicted octanol–water partition coefficient (Wildman–Crippen LogP) is 7.35. The zero-order valence-electron chi connectivity index (χ0n) is 21.7. The summed E-state index contributed by atoms with van der Waals surface area (Å²) >= 11 is 0. The lowest BCUT2D eigenvalue weighted by Crippen LogP contribution is -2.20. The number of carbonyl (C=O) groups excluding carboxylic acids is 1. The van der Waals surface area contributed by atoms with Crippen LogP contribution in [0.2, 0.25) is 0 Å². The van der Waals surface area contributed by atoms with Crippen LogP contribution in [0.15, 0.2) is 66.3 Å². The highest BCUT2D eigenvalue weighted by Gasteiger charge is 2.03. The fourth-order valence-electron chi connectivity index (χ4n) is 3.38. The van der Waals surface area contributed by atoms with Crippen LogP contribution in [-0.2, 0) is 14.3 Å². The Kier molecular flexibility index (Phi) is 16.5. The van der Waals surface area contributed by atoms with Crippen molar-refractivity contribution in [3.8, 4) is 0 Å². The van der Waals surface area contributed by atoms with Crippen LogP contribution in [0.3, 0.4) is 0 Å². The number of carboxylic acid groups (broad SMARTS) is 1. The van der Waals surface area contributed by atoms with Crippen molar-refractivity contribution in [1.82, 2.24) is 0 Å². The Hall–Kier alpha value is -3.08. The number of allylic oxidation sites excluding steroid dienone is 6. The Bertz CT molecular complexity index is 850. The normalized spacial score (nSPS) is 12.1. The summed E-state index contributed by atoms with van der Waals surface area (Å²) in [7, 11) is 1.89. The Labute approximate surface area is 211 Å². The van der Waals surface area contributed by atoms with Crippen LogP contribution in [0.5, 0.6) is 0 Å². The van der Waals surface area contributed by atoms with E-state index in [1.807, 2.05) is 73.5 Å². The second kappa shape index (κ2) is 19.2. The van der Waals surface area contributed by atoms with Crippen molar-refractivity contribution < 1.29 is 19.4 Å². The maximum atomic E-state index is 11.7. The largest absolute Gasteiger partial charge is 0.481 e. The van der Waals surface area contributed by atoms with Gasteiger partial charge in [0.1, 0.15) is 0 Å². The highest BCUT2D eigenvalue weighted by molar-refractivity contribution is 5.82. The second-order valence-corrected chi connectivity index (χ2v) is 8.79. The minimum Gasteiger partial charge on any atom is -0.481 e. The lowest BCUT2D eigenvalue weighted by atomic mass is 10.1. The predicted molar refractivity (Wildman–Crippen MR) is 147 cm³/mol. The van der Waals surface area contributed by atoms with E-state index >= 15 is 0 Å². The van der Waals surface area contributed by atoms with Gasteiger partial charge in [0.25, 0.3) is 0 Å². The highest BCUT2D eigenvalue weighted by atomic mass is 16.5. The van der Waals surface area contributed by atoms with Crippen LogP contribution in [0, 0.1) is 0 Å². The molecule has 0 amide bonds. The van der Waals surface area contributed by atoms with Crippen LogP contribution in [-0.4, -0.2) is 37.2 Å². The van der Waals surface area contributed by atoms with E-state index in [0.717, 1.165) is 29.7 Å². The summed E-state index contributed by atoms with van der Waals surface area (Å²) in [5.41, 5.74) is 3.13. The standard InChI is InChI=1S/C30H43NO4/c1-4-5-6-7-8-9-10-14-25-35-30(34)16-13-11-12-15-26(2)17-18-27-19-21-28(22-20-27)31(3)24-23-29(32)33/h11-13,15-22H,4-10,14,23-25H2,1-3H3,(H,32,33). The van der Waals surface area contributed by atoms with Gasteiger partial charge >= 0.3 is 11.9 Å². The van der Waals surface area contributed by atoms with Gasteiger partial charge < -0.3 is 14.7 Å². The smallest absolute Gasteiger partial charge is 0.330 e. The molecule has 1 rings (SSSR count). The van der Waals surface area contributed by atoms with Crippen LogP contribution in [0.25, 0.3) is 6.08 Å². The van der Waals surface area contributed by atoms with Crippen molar-refractivity contribution in [1.29, 1.82) is 0 Å². The molecule has 0 aliphatic heterocycles. The number of nitrogens with zero attached hydrogens (tertiary/aromatic N) is 1. The fourth-order valence-corrected chi connectivity index (χ4v) is 3.38. The summed E-state index contributed by atoms with van der Waals surface area (Å²) < 4.78 is 5.23. The summed E-state index contributed by atoms with van der Waals surface area (Å²) in [5.74, 6) is -1.09. The van der Waals surface area contributed by atoms with Crippen LogP contribution in [0.1, 0.15) is 77.2 Å². The van der Waals surface area contributed by atoms with E-state index in [0.29, 0.717) is 13.2 Å². The number of unbranched alkanes of at least 4 members (excludes halogenated alkanes) is 7. The van der Waals surface area contributed by atoms with Crippen LogP contribution < -0.4 is 4.90 Å². The molecule has 0 saturated carbocycles. The molecule has 0 fully saturated rings. The Morgan fingerprint density at radius 3 is 2.23 bits per heavy atom. The van der Waals surface area contributed by atoms with E-state index < -0.39 is 5.97 Å². The van der Waals surface area contributed by atoms with Gasteiger partial charge in [-0.05, 0) is 31.0 Å². The van der Waals surface area contributed by atoms with Gasteiger partial charge in [-0.1, -0.05) is 106 Å². The van der Waals surface area contributed by atoms with Gasteiger partial charge in [-0.15, -0.1) is 0 Å². The molecular formula is C30H43NO4. The SMILES string of the molecule is CCCCCCCCCCOC(=O)C=CC=CC=C(C)C=Cc1ccc(N(C)CCC(=O)O)cc1. The highest BCUT2D eigenvalue weighted by Crippen LogP contribution is 2.15. The first-order valence-electron chi connectivity index (χ1n) is 12.8. The molecule has 0 radical (unpaired) electrons. The molecule has 0 bridgehead atoms. The lowest BCUT2D eigenvalue weighted by Gasteiger charge is -2.18. The first kappa shape index (κ1) is 30.0.